The number of aliphatic imine (C=N–C) groups is 2. The third-order valence-electron chi connectivity index (χ3n) is 19.0. The molecule has 85 heavy (non-hydrogen) atoms. The Labute approximate surface area is 521 Å². The van der Waals surface area contributed by atoms with E-state index in [0.29, 0.717) is 64.6 Å². The molecule has 9 aliphatic rings. The zero-order valence-corrected chi connectivity index (χ0v) is 52.9. The zero-order valence-electron chi connectivity index (χ0n) is 50.1. The molecule has 18 heteroatoms. The number of aromatic nitrogens is 2. The number of halogens is 2. The van der Waals surface area contributed by atoms with E-state index in [2.05, 4.69) is 22.4 Å². The van der Waals surface area contributed by atoms with Gasteiger partial charge in [-0.15, -0.1) is 11.6 Å². The van der Waals surface area contributed by atoms with Gasteiger partial charge in [0.25, 0.3) is 5.92 Å². The van der Waals surface area contributed by atoms with Gasteiger partial charge in [0.2, 0.25) is 5.91 Å². The van der Waals surface area contributed by atoms with Gasteiger partial charge in [-0.25, -0.2) is 19.4 Å². The Bertz CT molecular complexity index is 3580. The number of fused-ring (bicyclic) bond motifs is 9. The number of nitrogens with zero attached hydrogens (tertiary/aromatic N) is 6. The van der Waals surface area contributed by atoms with Crippen LogP contribution in [0.15, 0.2) is 89.0 Å². The Hall–Kier alpha value is -6.33. The molecule has 1 spiro atoms. The summed E-state index contributed by atoms with van der Waals surface area (Å²) in [7, 11) is 1.27. The molecule has 4 amide bonds. The maximum atomic E-state index is 16.6. The van der Waals surface area contributed by atoms with Crippen molar-refractivity contribution in [1.82, 2.24) is 30.0 Å². The first-order chi connectivity index (χ1) is 39.9. The average Bonchev–Trinajstić information content (AvgIpc) is 1.72. The van der Waals surface area contributed by atoms with Gasteiger partial charge in [0, 0.05) is 85.9 Å². The summed E-state index contributed by atoms with van der Waals surface area (Å²) in [4.78, 5) is 75.9. The van der Waals surface area contributed by atoms with Crippen LogP contribution in [0.5, 0.6) is 0 Å². The summed E-state index contributed by atoms with van der Waals surface area (Å²) in [5.41, 5.74) is 8.77. The topological polar surface area (TPSA) is 171 Å². The van der Waals surface area contributed by atoms with Crippen LogP contribution >= 0.6 is 0 Å². The molecule has 15 nitrogen and oxygen atoms in total. The minimum Gasteiger partial charge on any atom is -0.453 e. The number of ether oxygens (including phenoxy) is 3. The number of nitrogens with one attached hydrogen (secondary N) is 2. The standard InChI is InChI=1S/C48H52F2N6O5.C19H23N2O2.Y/c1-25(2)40(54-44(58)60-6)43(57)55-24-47(15-16-47)22-39(55)42-51-23-38(53-42)28-9-13-33-32-12-8-27(19-34(32)48(49,50)35(33)20-28)26-10-14-36-30(17-26)21-37(52-36)41-29-7-11-31(18-29)56(41)45(59)61-46(3,4)5;1-19(2,3)23-18(22)21-14-9-8-13(10-14)17(21)16-11-12-6-4-5-7-15(12)20-16;/h8-10,12-14,17,19-20,23,25,29,31,39-41H,7,11,15-16,18,21-22,24H2,1-6H3,(H,51,53)(H,54,58);5-7,13-14,17H,8-11H2,1-3H3;/q;-1;/t29?,31?,39-,40-,41?;13-,14+,17?;/m00./s1. The Morgan fingerprint density at radius 2 is 1.29 bits per heavy atom. The van der Waals surface area contributed by atoms with Crippen molar-refractivity contribution in [3.63, 3.8) is 0 Å². The summed E-state index contributed by atoms with van der Waals surface area (Å²) >= 11 is 0. The molecule has 1 aromatic heterocycles. The number of hydrogen-bond acceptors (Lipinski definition) is 10. The molecule has 1 radical (unpaired) electrons. The van der Waals surface area contributed by atoms with Crippen molar-refractivity contribution in [2.45, 2.75) is 179 Å². The predicted octanol–water partition coefficient (Wildman–Crippen LogP) is 13.6. The zero-order chi connectivity index (χ0) is 58.9. The van der Waals surface area contributed by atoms with Crippen LogP contribution < -0.4 is 5.32 Å². The summed E-state index contributed by atoms with van der Waals surface area (Å²) < 4.78 is 49.5. The minimum absolute atomic E-state index is 0. The van der Waals surface area contributed by atoms with Crippen LogP contribution in [0, 0.1) is 29.2 Å². The first-order valence-electron chi connectivity index (χ1n) is 30.1. The number of alkyl carbamates (subject to hydrolysis) is 1. The van der Waals surface area contributed by atoms with Gasteiger partial charge in [0.1, 0.15) is 23.1 Å². The van der Waals surface area contributed by atoms with Crippen molar-refractivity contribution in [1.29, 1.82) is 0 Å². The Kier molecular flexibility index (Phi) is 15.2. The largest absolute Gasteiger partial charge is 0.453 e. The van der Waals surface area contributed by atoms with Crippen LogP contribution in [-0.4, -0.2) is 115 Å². The maximum Gasteiger partial charge on any atom is 0.411 e. The summed E-state index contributed by atoms with van der Waals surface area (Å²) in [6, 6.07) is 24.8. The van der Waals surface area contributed by atoms with Crippen LogP contribution in [0.25, 0.3) is 33.5 Å². The van der Waals surface area contributed by atoms with Crippen LogP contribution in [0.2, 0.25) is 0 Å². The Morgan fingerprint density at radius 1 is 0.741 bits per heavy atom. The van der Waals surface area contributed by atoms with Crippen molar-refractivity contribution in [2.24, 2.45) is 33.2 Å². The molecule has 3 saturated heterocycles. The third kappa shape index (κ3) is 10.9. The van der Waals surface area contributed by atoms with Gasteiger partial charge < -0.3 is 29.4 Å². The molecule has 4 aromatic carbocycles. The first-order valence-corrected chi connectivity index (χ1v) is 30.1. The maximum absolute atomic E-state index is 16.6. The van der Waals surface area contributed by atoms with E-state index in [1.165, 1.54) is 19.1 Å². The molecular formula is C67H75F2N8O7Y-. The van der Waals surface area contributed by atoms with Gasteiger partial charge in [-0.05, 0) is 187 Å². The normalized spacial score (nSPS) is 25.1. The molecule has 4 unspecified atom stereocenters. The SMILES string of the molecule is CC(C)(C)OC(=O)N1C(C2=Nc3cc[c-]cc3C2)[C@H]2CC[C@@H]1C2.COC(=O)N[C@H](C(=O)N1CC2(CC2)C[C@H]1c1ncc(-c2ccc3c(c2)C(F)(F)c2cc(-c4ccc5c(c4)CC(C4C6CCC(C6)N4C(=O)OC(C)(C)C)=N5)ccc2-3)[nH]1)C(C)C.[Y]. The van der Waals surface area contributed by atoms with E-state index >= 15 is 8.78 Å². The average molecular weight is 1230 g/mol. The predicted molar refractivity (Wildman–Crippen MR) is 316 cm³/mol. The Balaban J connectivity index is 0.000000246. The van der Waals surface area contributed by atoms with E-state index in [-0.39, 0.29) is 97.4 Å². The second-order valence-electron chi connectivity index (χ2n) is 27.4. The van der Waals surface area contributed by atoms with Crippen LogP contribution in [0.1, 0.15) is 147 Å². The molecule has 5 aromatic rings. The number of carbonyl (C=O) groups excluding carboxylic acids is 4. The summed E-state index contributed by atoms with van der Waals surface area (Å²) in [5.74, 6) is -2.13. The van der Waals surface area contributed by atoms with Crippen molar-refractivity contribution < 1.29 is 74.9 Å². The van der Waals surface area contributed by atoms with E-state index < -0.39 is 29.3 Å². The molecular weight excluding hydrogens is 1160 g/mol. The second kappa shape index (κ2) is 21.8. The number of rotatable bonds is 8. The molecule has 8 atom stereocenters. The quantitative estimate of drug-likeness (QED) is 0.114. The fourth-order valence-electron chi connectivity index (χ4n) is 15.0. The van der Waals surface area contributed by atoms with Crippen LogP contribution in [0.3, 0.4) is 0 Å². The van der Waals surface area contributed by atoms with E-state index in [9.17, 15) is 19.2 Å². The number of likely N-dealkylation sites (tertiary alicyclic amines) is 3. The number of H-pyrrole nitrogens is 1. The number of piperidine rings is 2. The number of benzene rings is 4. The summed E-state index contributed by atoms with van der Waals surface area (Å²) in [6.07, 6.45) is 11.1. The first kappa shape index (κ1) is 59.0. The minimum atomic E-state index is -3.25. The van der Waals surface area contributed by atoms with Gasteiger partial charge in [-0.3, -0.25) is 24.6 Å². The second-order valence-corrected chi connectivity index (χ2v) is 27.4. The molecule has 2 N–H and O–H groups in total. The van der Waals surface area contributed by atoms with Gasteiger partial charge >= 0.3 is 18.3 Å². The Morgan fingerprint density at radius 3 is 1.86 bits per heavy atom. The number of methoxy groups -OCH3 is 1. The van der Waals surface area contributed by atoms with Gasteiger partial charge in [0.15, 0.2) is 0 Å². The summed E-state index contributed by atoms with van der Waals surface area (Å²) in [5, 5.41) is 2.71. The van der Waals surface area contributed by atoms with E-state index in [1.807, 2.05) is 113 Å². The van der Waals surface area contributed by atoms with Gasteiger partial charge in [-0.1, -0.05) is 44.2 Å². The molecule has 6 fully saturated rings. The fraction of sp³-hybridized carbons (Fsp3) is 0.507. The summed E-state index contributed by atoms with van der Waals surface area (Å²) in [6.45, 7) is 15.8. The van der Waals surface area contributed by atoms with Crippen LogP contribution in [0.4, 0.5) is 34.5 Å². The molecule has 5 aliphatic heterocycles. The number of hydrogen-bond donors (Lipinski definition) is 2. The number of imidazole rings is 1. The molecule has 14 rings (SSSR count). The van der Waals surface area contributed by atoms with Crippen molar-refractivity contribution in [2.75, 3.05) is 13.7 Å². The van der Waals surface area contributed by atoms with Crippen molar-refractivity contribution in [3.8, 4) is 33.5 Å². The van der Waals surface area contributed by atoms with E-state index in [0.717, 1.165) is 91.7 Å². The van der Waals surface area contributed by atoms with Crippen LogP contribution in [-0.2, 0) is 70.5 Å². The monoisotopic (exact) mass is 1230 g/mol. The number of amides is 4. The van der Waals surface area contributed by atoms with Gasteiger partial charge in [-0.2, -0.15) is 27.0 Å². The third-order valence-corrected chi connectivity index (χ3v) is 19.0. The smallest absolute Gasteiger partial charge is 0.411 e. The number of alkyl halides is 2. The molecule has 4 aliphatic carbocycles. The van der Waals surface area contributed by atoms with Crippen molar-refractivity contribution in [3.05, 3.63) is 113 Å². The van der Waals surface area contributed by atoms with E-state index in [1.54, 1.807) is 30.5 Å². The number of carbonyl (C=O) groups is 4. The van der Waals surface area contributed by atoms with Gasteiger partial charge in [0.05, 0.1) is 42.8 Å². The molecule has 6 heterocycles. The molecule has 443 valence electrons. The molecule has 4 bridgehead atoms. The van der Waals surface area contributed by atoms with E-state index in [4.69, 9.17) is 29.2 Å². The number of aromatic amines is 1. The van der Waals surface area contributed by atoms with Crippen molar-refractivity contribution >= 4 is 47.0 Å². The fourth-order valence-corrected chi connectivity index (χ4v) is 15.0. The molecule has 3 saturated carbocycles.